The monoisotopic (exact) mass is 243 g/mol. The van der Waals surface area contributed by atoms with Crippen molar-refractivity contribution in [1.29, 1.82) is 0 Å². The van der Waals surface area contributed by atoms with Crippen LogP contribution in [0.3, 0.4) is 0 Å². The van der Waals surface area contributed by atoms with Crippen LogP contribution in [0.4, 0.5) is 0 Å². The van der Waals surface area contributed by atoms with E-state index in [2.05, 4.69) is 0 Å². The van der Waals surface area contributed by atoms with Crippen molar-refractivity contribution in [2.45, 2.75) is 58.3 Å². The molecule has 1 fully saturated rings. The van der Waals surface area contributed by atoms with Crippen LogP contribution in [0.25, 0.3) is 0 Å². The minimum absolute atomic E-state index is 0.0781. The molecule has 1 unspecified atom stereocenters. The summed E-state index contributed by atoms with van der Waals surface area (Å²) in [4.78, 5) is 24.7. The largest absolute Gasteiger partial charge is 0.479 e. The predicted octanol–water partition coefficient (Wildman–Crippen LogP) is 1.27. The molecule has 1 saturated heterocycles. The fraction of sp³-hybridized carbons (Fsp3) is 0.833. The summed E-state index contributed by atoms with van der Waals surface area (Å²) in [5.41, 5.74) is 0. The molecule has 0 radical (unpaired) electrons. The number of ether oxygens (including phenoxy) is 1. The molecule has 1 aliphatic heterocycles. The summed E-state index contributed by atoms with van der Waals surface area (Å²) >= 11 is 0. The van der Waals surface area contributed by atoms with Crippen LogP contribution in [0.5, 0.6) is 0 Å². The van der Waals surface area contributed by atoms with E-state index in [0.29, 0.717) is 19.4 Å². The molecule has 0 aromatic carbocycles. The summed E-state index contributed by atoms with van der Waals surface area (Å²) in [6.45, 7) is 6.57. The Morgan fingerprint density at radius 1 is 1.35 bits per heavy atom. The van der Waals surface area contributed by atoms with Crippen molar-refractivity contribution in [1.82, 2.24) is 4.90 Å². The van der Waals surface area contributed by atoms with Crippen molar-refractivity contribution < 1.29 is 19.4 Å². The van der Waals surface area contributed by atoms with Crippen molar-refractivity contribution in [3.05, 3.63) is 0 Å². The molecule has 0 spiro atoms. The Labute approximate surface area is 102 Å². The molecule has 0 bridgehead atoms. The Hall–Kier alpha value is -1.10. The third kappa shape index (κ3) is 3.19. The smallest absolute Gasteiger partial charge is 0.332 e. The van der Waals surface area contributed by atoms with Crippen LogP contribution in [0, 0.1) is 0 Å². The molecule has 5 heteroatoms. The third-order valence-electron chi connectivity index (χ3n) is 3.32. The van der Waals surface area contributed by atoms with Gasteiger partial charge in [-0.1, -0.05) is 6.92 Å². The molecular formula is C12H21NO4. The van der Waals surface area contributed by atoms with Gasteiger partial charge >= 0.3 is 5.97 Å². The maximum absolute atomic E-state index is 12.2. The van der Waals surface area contributed by atoms with E-state index in [9.17, 15) is 9.59 Å². The lowest BCUT2D eigenvalue weighted by atomic mass is 10.1. The predicted molar refractivity (Wildman–Crippen MR) is 62.7 cm³/mol. The van der Waals surface area contributed by atoms with Crippen LogP contribution in [-0.4, -0.2) is 46.7 Å². The van der Waals surface area contributed by atoms with Gasteiger partial charge in [-0.05, 0) is 33.1 Å². The van der Waals surface area contributed by atoms with E-state index in [1.54, 1.807) is 4.90 Å². The number of carboxylic acids is 1. The zero-order valence-corrected chi connectivity index (χ0v) is 10.7. The van der Waals surface area contributed by atoms with Gasteiger partial charge in [0.2, 0.25) is 0 Å². The standard InChI is InChI=1S/C12H21NO4/c1-4-8(3)13(5-2)11(14)9-6-7-10(17-9)12(15)16/h8-10H,4-7H2,1-3H3,(H,15,16)/t8?,9-,10+/m0/s1. The zero-order chi connectivity index (χ0) is 13.0. The highest BCUT2D eigenvalue weighted by molar-refractivity contribution is 5.83. The average Bonchev–Trinajstić information content (AvgIpc) is 2.78. The summed E-state index contributed by atoms with van der Waals surface area (Å²) in [6, 6.07) is 0.167. The molecule has 0 aliphatic carbocycles. The van der Waals surface area contributed by atoms with E-state index in [-0.39, 0.29) is 11.9 Å². The van der Waals surface area contributed by atoms with Gasteiger partial charge in [-0.15, -0.1) is 0 Å². The fourth-order valence-corrected chi connectivity index (χ4v) is 2.09. The molecule has 1 amide bonds. The summed E-state index contributed by atoms with van der Waals surface area (Å²) in [5.74, 6) is -1.06. The second kappa shape index (κ2) is 6.00. The molecule has 0 aromatic rings. The van der Waals surface area contributed by atoms with E-state index in [4.69, 9.17) is 9.84 Å². The van der Waals surface area contributed by atoms with E-state index < -0.39 is 18.2 Å². The van der Waals surface area contributed by atoms with Gasteiger partial charge in [-0.3, -0.25) is 4.79 Å². The lowest BCUT2D eigenvalue weighted by Crippen LogP contribution is -2.44. The molecule has 1 heterocycles. The van der Waals surface area contributed by atoms with Crippen LogP contribution in [0.2, 0.25) is 0 Å². The van der Waals surface area contributed by atoms with Gasteiger partial charge in [0.05, 0.1) is 0 Å². The van der Waals surface area contributed by atoms with E-state index >= 15 is 0 Å². The molecule has 5 nitrogen and oxygen atoms in total. The number of carbonyl (C=O) groups excluding carboxylic acids is 1. The highest BCUT2D eigenvalue weighted by atomic mass is 16.5. The molecule has 0 aromatic heterocycles. The number of carboxylic acid groups (broad SMARTS) is 1. The Balaban J connectivity index is 2.61. The summed E-state index contributed by atoms with van der Waals surface area (Å²) in [5, 5.41) is 8.81. The minimum atomic E-state index is -0.980. The normalized spacial score (nSPS) is 25.6. The quantitative estimate of drug-likeness (QED) is 0.789. The maximum atomic E-state index is 12.2. The highest BCUT2D eigenvalue weighted by Crippen LogP contribution is 2.22. The number of carbonyl (C=O) groups is 2. The Morgan fingerprint density at radius 2 is 1.94 bits per heavy atom. The molecule has 1 aliphatic rings. The number of amides is 1. The number of hydrogen-bond acceptors (Lipinski definition) is 3. The molecule has 1 rings (SSSR count). The summed E-state index contributed by atoms with van der Waals surface area (Å²) < 4.78 is 5.27. The Morgan fingerprint density at radius 3 is 2.35 bits per heavy atom. The number of nitrogens with zero attached hydrogens (tertiary/aromatic N) is 1. The van der Waals surface area contributed by atoms with Crippen LogP contribution in [0.1, 0.15) is 40.0 Å². The van der Waals surface area contributed by atoms with Crippen molar-refractivity contribution >= 4 is 11.9 Å². The molecule has 17 heavy (non-hydrogen) atoms. The number of aliphatic carboxylic acids is 1. The first-order chi connectivity index (χ1) is 8.01. The SMILES string of the molecule is CCC(C)N(CC)C(=O)[C@@H]1CC[C@H](C(=O)O)O1. The van der Waals surface area contributed by atoms with E-state index in [1.165, 1.54) is 0 Å². The van der Waals surface area contributed by atoms with Crippen molar-refractivity contribution in [2.75, 3.05) is 6.54 Å². The van der Waals surface area contributed by atoms with E-state index in [1.807, 2.05) is 20.8 Å². The second-order valence-corrected chi connectivity index (χ2v) is 4.41. The number of likely N-dealkylation sites (N-methyl/N-ethyl adjacent to an activating group) is 1. The maximum Gasteiger partial charge on any atom is 0.332 e. The Bertz CT molecular complexity index is 292. The van der Waals surface area contributed by atoms with E-state index in [0.717, 1.165) is 6.42 Å². The molecule has 0 saturated carbocycles. The molecule has 98 valence electrons. The molecule has 3 atom stereocenters. The third-order valence-corrected chi connectivity index (χ3v) is 3.32. The van der Waals surface area contributed by atoms with Gasteiger partial charge in [-0.2, -0.15) is 0 Å². The number of hydrogen-bond donors (Lipinski definition) is 1. The fourth-order valence-electron chi connectivity index (χ4n) is 2.09. The van der Waals surface area contributed by atoms with Gasteiger partial charge in [0.1, 0.15) is 6.10 Å². The van der Waals surface area contributed by atoms with Crippen molar-refractivity contribution in [3.63, 3.8) is 0 Å². The van der Waals surface area contributed by atoms with Crippen LogP contribution in [-0.2, 0) is 14.3 Å². The van der Waals surface area contributed by atoms with Gasteiger partial charge in [0, 0.05) is 12.6 Å². The first kappa shape index (κ1) is 14.0. The first-order valence-corrected chi connectivity index (χ1v) is 6.19. The lowest BCUT2D eigenvalue weighted by Gasteiger charge is -2.29. The average molecular weight is 243 g/mol. The van der Waals surface area contributed by atoms with Crippen LogP contribution in [0.15, 0.2) is 0 Å². The second-order valence-electron chi connectivity index (χ2n) is 4.41. The van der Waals surface area contributed by atoms with Gasteiger partial charge in [0.15, 0.2) is 6.10 Å². The van der Waals surface area contributed by atoms with Gasteiger partial charge < -0.3 is 14.7 Å². The zero-order valence-electron chi connectivity index (χ0n) is 10.7. The Kier molecular flexibility index (Phi) is 4.93. The van der Waals surface area contributed by atoms with Crippen LogP contribution < -0.4 is 0 Å². The summed E-state index contributed by atoms with van der Waals surface area (Å²) in [6.07, 6.45) is 0.408. The lowest BCUT2D eigenvalue weighted by molar-refractivity contribution is -0.155. The molecule has 1 N–H and O–H groups in total. The molecular weight excluding hydrogens is 222 g/mol. The van der Waals surface area contributed by atoms with Gasteiger partial charge in [0.25, 0.3) is 5.91 Å². The van der Waals surface area contributed by atoms with Crippen molar-refractivity contribution in [2.24, 2.45) is 0 Å². The minimum Gasteiger partial charge on any atom is -0.479 e. The highest BCUT2D eigenvalue weighted by Gasteiger charge is 2.37. The first-order valence-electron chi connectivity index (χ1n) is 6.19. The topological polar surface area (TPSA) is 66.8 Å². The van der Waals surface area contributed by atoms with Crippen molar-refractivity contribution in [3.8, 4) is 0 Å². The van der Waals surface area contributed by atoms with Gasteiger partial charge in [-0.25, -0.2) is 4.79 Å². The van der Waals surface area contributed by atoms with Crippen LogP contribution >= 0.6 is 0 Å². The number of rotatable bonds is 5. The summed E-state index contributed by atoms with van der Waals surface area (Å²) in [7, 11) is 0.